The molecular weight excluding hydrogens is 272 g/mol. The van der Waals surface area contributed by atoms with E-state index in [1.54, 1.807) is 0 Å². The number of hydrogen-bond donors (Lipinski definition) is 2. The number of nitrogens with two attached hydrogens (primary N) is 1. The van der Waals surface area contributed by atoms with Gasteiger partial charge in [0.25, 0.3) is 0 Å². The van der Waals surface area contributed by atoms with Crippen LogP contribution in [0.15, 0.2) is 0 Å². The van der Waals surface area contributed by atoms with E-state index in [4.69, 9.17) is 22.7 Å². The molecule has 1 saturated heterocycles. The number of nitrogens with one attached hydrogen (secondary N) is 1. The number of ether oxygens (including phenoxy) is 1. The maximum absolute atomic E-state index is 12.8. The number of carbonyl (C=O) groups is 1. The molecule has 5 heteroatoms. The number of amides is 1. The third-order valence-electron chi connectivity index (χ3n) is 5.15. The van der Waals surface area contributed by atoms with E-state index in [1.807, 2.05) is 0 Å². The van der Waals surface area contributed by atoms with Crippen LogP contribution in [0.3, 0.4) is 0 Å². The van der Waals surface area contributed by atoms with Crippen molar-refractivity contribution in [3.63, 3.8) is 0 Å². The van der Waals surface area contributed by atoms with Crippen LogP contribution in [0.4, 0.5) is 0 Å². The molecule has 1 heterocycles. The standard InChI is InChI=1S/C15H24N2O2S/c16-13(20)15(7-2-1-3-8-15)14(18)17-11-6-9-19-12(11)10-4-5-10/h10-12H,1-9H2,(H2,16,20)(H,17,18). The molecule has 1 amide bonds. The first-order chi connectivity index (χ1) is 9.63. The molecule has 4 nitrogen and oxygen atoms in total. The summed E-state index contributed by atoms with van der Waals surface area (Å²) < 4.78 is 5.79. The zero-order valence-corrected chi connectivity index (χ0v) is 12.7. The van der Waals surface area contributed by atoms with Crippen molar-refractivity contribution in [2.45, 2.75) is 63.5 Å². The Hall–Kier alpha value is -0.680. The lowest BCUT2D eigenvalue weighted by Gasteiger charge is -2.36. The van der Waals surface area contributed by atoms with Crippen LogP contribution in [-0.2, 0) is 9.53 Å². The zero-order chi connectivity index (χ0) is 14.2. The van der Waals surface area contributed by atoms with E-state index in [9.17, 15) is 4.79 Å². The highest BCUT2D eigenvalue weighted by Gasteiger charge is 2.46. The average Bonchev–Trinajstić information content (AvgIpc) is 3.20. The van der Waals surface area contributed by atoms with Gasteiger partial charge in [-0.15, -0.1) is 0 Å². The minimum Gasteiger partial charge on any atom is -0.392 e. The van der Waals surface area contributed by atoms with Gasteiger partial charge in [0.2, 0.25) is 5.91 Å². The Kier molecular flexibility index (Phi) is 4.00. The Morgan fingerprint density at radius 1 is 1.20 bits per heavy atom. The summed E-state index contributed by atoms with van der Waals surface area (Å²) in [5.74, 6) is 0.695. The molecule has 3 N–H and O–H groups in total. The van der Waals surface area contributed by atoms with Gasteiger partial charge in [-0.3, -0.25) is 4.79 Å². The van der Waals surface area contributed by atoms with Crippen LogP contribution in [0.2, 0.25) is 0 Å². The van der Waals surface area contributed by atoms with Crippen molar-refractivity contribution in [3.8, 4) is 0 Å². The molecule has 20 heavy (non-hydrogen) atoms. The second-order valence-electron chi connectivity index (χ2n) is 6.55. The van der Waals surface area contributed by atoms with Gasteiger partial charge in [-0.05, 0) is 38.0 Å². The first-order valence-electron chi connectivity index (χ1n) is 7.86. The molecular formula is C15H24N2O2S. The van der Waals surface area contributed by atoms with Crippen LogP contribution in [0.1, 0.15) is 51.4 Å². The molecule has 0 aromatic heterocycles. The number of carbonyl (C=O) groups excluding carboxylic acids is 1. The van der Waals surface area contributed by atoms with E-state index in [2.05, 4.69) is 5.32 Å². The number of hydrogen-bond acceptors (Lipinski definition) is 3. The SMILES string of the molecule is NC(=S)C1(C(=O)NC2CCOC2C2CC2)CCCCC1. The van der Waals surface area contributed by atoms with Gasteiger partial charge in [0, 0.05) is 6.61 Å². The quantitative estimate of drug-likeness (QED) is 0.778. The molecule has 0 aromatic carbocycles. The van der Waals surface area contributed by atoms with Crippen LogP contribution in [0, 0.1) is 11.3 Å². The predicted molar refractivity (Wildman–Crippen MR) is 81.3 cm³/mol. The van der Waals surface area contributed by atoms with Crippen molar-refractivity contribution in [3.05, 3.63) is 0 Å². The van der Waals surface area contributed by atoms with Crippen LogP contribution in [0.5, 0.6) is 0 Å². The van der Waals surface area contributed by atoms with Gasteiger partial charge < -0.3 is 15.8 Å². The fraction of sp³-hybridized carbons (Fsp3) is 0.867. The Morgan fingerprint density at radius 3 is 2.50 bits per heavy atom. The first kappa shape index (κ1) is 14.3. The van der Waals surface area contributed by atoms with Gasteiger partial charge >= 0.3 is 0 Å². The Labute approximate surface area is 125 Å². The highest BCUT2D eigenvalue weighted by Crippen LogP contribution is 2.40. The molecule has 2 atom stereocenters. The number of rotatable bonds is 4. The van der Waals surface area contributed by atoms with Gasteiger partial charge in [0.1, 0.15) is 0 Å². The van der Waals surface area contributed by atoms with E-state index >= 15 is 0 Å². The fourth-order valence-corrected chi connectivity index (χ4v) is 4.00. The highest BCUT2D eigenvalue weighted by molar-refractivity contribution is 7.80. The van der Waals surface area contributed by atoms with Crippen molar-refractivity contribution in [1.82, 2.24) is 5.32 Å². The summed E-state index contributed by atoms with van der Waals surface area (Å²) in [7, 11) is 0. The lowest BCUT2D eigenvalue weighted by Crippen LogP contribution is -2.54. The van der Waals surface area contributed by atoms with Crippen molar-refractivity contribution < 1.29 is 9.53 Å². The molecule has 2 saturated carbocycles. The molecule has 112 valence electrons. The van der Waals surface area contributed by atoms with Crippen molar-refractivity contribution in [1.29, 1.82) is 0 Å². The van der Waals surface area contributed by atoms with E-state index in [1.165, 1.54) is 19.3 Å². The van der Waals surface area contributed by atoms with Gasteiger partial charge in [-0.2, -0.15) is 0 Å². The van der Waals surface area contributed by atoms with Crippen LogP contribution in [-0.4, -0.2) is 29.6 Å². The molecule has 0 aromatic rings. The van der Waals surface area contributed by atoms with E-state index in [-0.39, 0.29) is 18.1 Å². The normalized spacial score (nSPS) is 32.8. The van der Waals surface area contributed by atoms with E-state index < -0.39 is 5.41 Å². The Morgan fingerprint density at radius 2 is 1.90 bits per heavy atom. The lowest BCUT2D eigenvalue weighted by atomic mass is 9.73. The number of thiocarbonyl (C=S) groups is 1. The third kappa shape index (κ3) is 2.58. The molecule has 0 spiro atoms. The summed E-state index contributed by atoms with van der Waals surface area (Å²) in [6, 6.07) is 0.156. The van der Waals surface area contributed by atoms with Gasteiger partial charge in [0.05, 0.1) is 22.5 Å². The Balaban J connectivity index is 1.68. The predicted octanol–water partition coefficient (Wildman–Crippen LogP) is 1.91. The maximum atomic E-state index is 12.8. The summed E-state index contributed by atoms with van der Waals surface area (Å²) in [6.07, 6.45) is 8.46. The van der Waals surface area contributed by atoms with Gasteiger partial charge in [0.15, 0.2) is 0 Å². The van der Waals surface area contributed by atoms with Crippen molar-refractivity contribution in [2.24, 2.45) is 17.1 Å². The third-order valence-corrected chi connectivity index (χ3v) is 5.54. The van der Waals surface area contributed by atoms with Crippen LogP contribution in [0.25, 0.3) is 0 Å². The lowest BCUT2D eigenvalue weighted by molar-refractivity contribution is -0.130. The molecule has 0 radical (unpaired) electrons. The second kappa shape index (κ2) is 5.60. The fourth-order valence-electron chi connectivity index (χ4n) is 3.70. The molecule has 0 bridgehead atoms. The molecule has 2 unspecified atom stereocenters. The molecule has 3 rings (SSSR count). The minimum atomic E-state index is -0.607. The summed E-state index contributed by atoms with van der Waals surface area (Å²) in [5.41, 5.74) is 5.32. The second-order valence-corrected chi connectivity index (χ2v) is 6.99. The summed E-state index contributed by atoms with van der Waals surface area (Å²) in [4.78, 5) is 13.1. The van der Waals surface area contributed by atoms with Crippen LogP contribution < -0.4 is 11.1 Å². The van der Waals surface area contributed by atoms with Crippen molar-refractivity contribution >= 4 is 23.1 Å². The largest absolute Gasteiger partial charge is 0.392 e. The summed E-state index contributed by atoms with van der Waals surface area (Å²) in [6.45, 7) is 0.756. The van der Waals surface area contributed by atoms with E-state index in [0.29, 0.717) is 10.9 Å². The summed E-state index contributed by atoms with van der Waals surface area (Å²) >= 11 is 5.22. The van der Waals surface area contributed by atoms with Gasteiger partial charge in [-0.25, -0.2) is 0 Å². The summed E-state index contributed by atoms with van der Waals surface area (Å²) in [5, 5.41) is 3.21. The maximum Gasteiger partial charge on any atom is 0.233 e. The monoisotopic (exact) mass is 296 g/mol. The first-order valence-corrected chi connectivity index (χ1v) is 8.27. The molecule has 3 aliphatic rings. The highest BCUT2D eigenvalue weighted by atomic mass is 32.1. The van der Waals surface area contributed by atoms with Crippen molar-refractivity contribution in [2.75, 3.05) is 6.61 Å². The van der Waals surface area contributed by atoms with E-state index in [0.717, 1.165) is 38.7 Å². The van der Waals surface area contributed by atoms with Gasteiger partial charge in [-0.1, -0.05) is 31.5 Å². The molecule has 3 fully saturated rings. The molecule has 2 aliphatic carbocycles. The topological polar surface area (TPSA) is 64.4 Å². The zero-order valence-electron chi connectivity index (χ0n) is 11.9. The molecule has 1 aliphatic heterocycles. The Bertz CT molecular complexity index is 403. The average molecular weight is 296 g/mol. The minimum absolute atomic E-state index is 0.0471. The smallest absolute Gasteiger partial charge is 0.233 e. The van der Waals surface area contributed by atoms with Crippen LogP contribution >= 0.6 is 12.2 Å².